The molecule has 0 bridgehead atoms. The molecule has 202 valence electrons. The van der Waals surface area contributed by atoms with Crippen molar-refractivity contribution in [2.45, 2.75) is 18.4 Å². The molecule has 3 N–H and O–H groups in total. The van der Waals surface area contributed by atoms with E-state index < -0.39 is 6.10 Å². The number of H-pyrrole nitrogens is 2. The predicted octanol–water partition coefficient (Wildman–Crippen LogP) is 9.41. The first kappa shape index (κ1) is 24.7. The number of para-hydroxylation sites is 1. The van der Waals surface area contributed by atoms with Gasteiger partial charge < -0.3 is 15.1 Å². The van der Waals surface area contributed by atoms with E-state index in [0.29, 0.717) is 0 Å². The Labute approximate surface area is 244 Å². The van der Waals surface area contributed by atoms with Crippen molar-refractivity contribution in [1.29, 1.82) is 0 Å². The number of aromatic amines is 2. The Morgan fingerprint density at radius 1 is 0.452 bits per heavy atom. The van der Waals surface area contributed by atoms with Crippen molar-refractivity contribution in [1.82, 2.24) is 9.97 Å². The van der Waals surface area contributed by atoms with Crippen molar-refractivity contribution in [2.24, 2.45) is 0 Å². The van der Waals surface area contributed by atoms with Crippen molar-refractivity contribution in [3.63, 3.8) is 0 Å². The minimum absolute atomic E-state index is 0.179. The molecule has 6 aromatic carbocycles. The minimum Gasteiger partial charge on any atom is -0.384 e. The summed E-state index contributed by atoms with van der Waals surface area (Å²) in [5.74, 6) is 0.179. The van der Waals surface area contributed by atoms with Gasteiger partial charge in [-0.05, 0) is 70.6 Å². The Bertz CT molecular complexity index is 2190. The summed E-state index contributed by atoms with van der Waals surface area (Å²) in [5.41, 5.74) is 10.2. The first-order valence-electron chi connectivity index (χ1n) is 14.5. The average molecular weight is 543 g/mol. The van der Waals surface area contributed by atoms with E-state index in [4.69, 9.17) is 0 Å². The number of fused-ring (bicyclic) bond motifs is 6. The Kier molecular flexibility index (Phi) is 5.90. The van der Waals surface area contributed by atoms with Crippen LogP contribution >= 0.6 is 0 Å². The normalized spacial score (nSPS) is 13.3. The molecule has 2 aromatic heterocycles. The van der Waals surface area contributed by atoms with E-state index in [1.54, 1.807) is 0 Å². The molecular formula is C39H30N2O. The van der Waals surface area contributed by atoms with Gasteiger partial charge in [0.2, 0.25) is 0 Å². The number of nitrogens with one attached hydrogen (secondary N) is 2. The highest BCUT2D eigenvalue weighted by atomic mass is 16.3. The second kappa shape index (κ2) is 10.1. The van der Waals surface area contributed by atoms with Crippen molar-refractivity contribution >= 4 is 43.6 Å². The fourth-order valence-corrected chi connectivity index (χ4v) is 6.63. The maximum Gasteiger partial charge on any atom is 0.104 e. The monoisotopic (exact) mass is 542 g/mol. The van der Waals surface area contributed by atoms with Gasteiger partial charge in [0.25, 0.3) is 0 Å². The lowest BCUT2D eigenvalue weighted by atomic mass is 9.84. The van der Waals surface area contributed by atoms with Crippen molar-refractivity contribution in [3.8, 4) is 0 Å². The van der Waals surface area contributed by atoms with Crippen LogP contribution in [0, 0.1) is 0 Å². The summed E-state index contributed by atoms with van der Waals surface area (Å²) >= 11 is 0. The Morgan fingerprint density at radius 2 is 1.05 bits per heavy atom. The van der Waals surface area contributed by atoms with Gasteiger partial charge in [-0.2, -0.15) is 0 Å². The maximum atomic E-state index is 11.2. The highest BCUT2D eigenvalue weighted by Gasteiger charge is 2.20. The fraction of sp³-hybridized carbons (Fsp3) is 0.0769. The minimum atomic E-state index is -0.673. The van der Waals surface area contributed by atoms with Gasteiger partial charge in [-0.1, -0.05) is 103 Å². The summed E-state index contributed by atoms with van der Waals surface area (Å²) < 4.78 is 0. The van der Waals surface area contributed by atoms with Crippen LogP contribution in [0.2, 0.25) is 0 Å². The quantitative estimate of drug-likeness (QED) is 0.193. The summed E-state index contributed by atoms with van der Waals surface area (Å²) in [6.45, 7) is 0. The van der Waals surface area contributed by atoms with Crippen LogP contribution in [0.4, 0.5) is 0 Å². The molecule has 2 heterocycles. The number of aromatic nitrogens is 2. The molecule has 8 rings (SSSR count). The molecule has 0 radical (unpaired) electrons. The molecular weight excluding hydrogens is 512 g/mol. The molecule has 0 saturated carbocycles. The molecule has 0 aliphatic heterocycles. The van der Waals surface area contributed by atoms with Crippen LogP contribution in [0.25, 0.3) is 43.6 Å². The lowest BCUT2D eigenvalue weighted by Gasteiger charge is -2.19. The van der Waals surface area contributed by atoms with Crippen LogP contribution in [0.15, 0.2) is 140 Å². The molecule has 3 heteroatoms. The second-order valence-electron chi connectivity index (χ2n) is 11.2. The first-order chi connectivity index (χ1) is 20.7. The Morgan fingerprint density at radius 3 is 1.86 bits per heavy atom. The van der Waals surface area contributed by atoms with Crippen LogP contribution in [-0.4, -0.2) is 15.1 Å². The third-order valence-corrected chi connectivity index (χ3v) is 8.72. The molecule has 0 aliphatic carbocycles. The summed E-state index contributed by atoms with van der Waals surface area (Å²) in [6.07, 6.45) is 0.181. The first-order valence-corrected chi connectivity index (χ1v) is 14.5. The lowest BCUT2D eigenvalue weighted by Crippen LogP contribution is -2.05. The smallest absolute Gasteiger partial charge is 0.104 e. The summed E-state index contributed by atoms with van der Waals surface area (Å²) in [4.78, 5) is 7.21. The van der Waals surface area contributed by atoms with E-state index in [0.717, 1.165) is 45.0 Å². The van der Waals surface area contributed by atoms with Crippen LogP contribution in [0.5, 0.6) is 0 Å². The van der Waals surface area contributed by atoms with Crippen molar-refractivity contribution < 1.29 is 5.11 Å². The zero-order valence-electron chi connectivity index (χ0n) is 23.1. The lowest BCUT2D eigenvalue weighted by molar-refractivity contribution is 0.220. The second-order valence-corrected chi connectivity index (χ2v) is 11.2. The molecule has 0 fully saturated rings. The van der Waals surface area contributed by atoms with Crippen LogP contribution in [-0.2, 0) is 6.42 Å². The van der Waals surface area contributed by atoms with Gasteiger partial charge in [-0.3, -0.25) is 0 Å². The topological polar surface area (TPSA) is 51.8 Å². The third kappa shape index (κ3) is 4.18. The average Bonchev–Trinajstić information content (AvgIpc) is 3.62. The fourth-order valence-electron chi connectivity index (χ4n) is 6.63. The van der Waals surface area contributed by atoms with Gasteiger partial charge in [-0.25, -0.2) is 0 Å². The number of benzene rings is 6. The highest BCUT2D eigenvalue weighted by molar-refractivity contribution is 6.09. The van der Waals surface area contributed by atoms with E-state index in [9.17, 15) is 5.11 Å². The van der Waals surface area contributed by atoms with Crippen LogP contribution in [0.1, 0.15) is 39.8 Å². The molecule has 8 aromatic rings. The molecule has 2 atom stereocenters. The molecule has 0 aliphatic rings. The van der Waals surface area contributed by atoms with Gasteiger partial charge in [0, 0.05) is 49.5 Å². The van der Waals surface area contributed by atoms with Gasteiger partial charge in [0.05, 0.1) is 0 Å². The van der Waals surface area contributed by atoms with Crippen molar-refractivity contribution in [3.05, 3.63) is 167 Å². The van der Waals surface area contributed by atoms with E-state index in [2.05, 4.69) is 113 Å². The number of aliphatic hydroxyl groups is 1. The Balaban J connectivity index is 1.27. The summed E-state index contributed by atoms with van der Waals surface area (Å²) in [5, 5.41) is 16.1. The molecule has 2 unspecified atom stereocenters. The molecule has 42 heavy (non-hydrogen) atoms. The van der Waals surface area contributed by atoms with Gasteiger partial charge in [0.1, 0.15) is 6.10 Å². The van der Waals surface area contributed by atoms with Gasteiger partial charge >= 0.3 is 0 Å². The third-order valence-electron chi connectivity index (χ3n) is 8.72. The van der Waals surface area contributed by atoms with E-state index >= 15 is 0 Å². The largest absolute Gasteiger partial charge is 0.384 e. The van der Waals surface area contributed by atoms with Gasteiger partial charge in [-0.15, -0.1) is 0 Å². The number of rotatable bonds is 6. The SMILES string of the molecule is OC(c1ccccc1)c1ccc2[nH]c3cccc(CC(c4ccccc4)c4ccc5[nH]c6ccccc6c5c4)c3c2c1. The zero-order valence-corrected chi connectivity index (χ0v) is 23.1. The molecule has 0 saturated heterocycles. The number of hydrogen-bond acceptors (Lipinski definition) is 1. The molecule has 0 amide bonds. The predicted molar refractivity (Wildman–Crippen MR) is 174 cm³/mol. The van der Waals surface area contributed by atoms with Crippen LogP contribution < -0.4 is 0 Å². The number of hydrogen-bond donors (Lipinski definition) is 3. The standard InChI is InChI=1S/C39H30N2O/c42-39(26-12-5-2-6-13-26)29-19-21-36-33(24-29)38-28(14-9-17-37(38)41-36)23-31(25-10-3-1-4-11-25)27-18-20-35-32(22-27)30-15-7-8-16-34(30)40-35/h1-22,24,31,39-42H,23H2. The molecule has 3 nitrogen and oxygen atoms in total. The highest BCUT2D eigenvalue weighted by Crippen LogP contribution is 2.37. The molecule has 0 spiro atoms. The van der Waals surface area contributed by atoms with E-state index in [1.807, 2.05) is 36.4 Å². The maximum absolute atomic E-state index is 11.2. The van der Waals surface area contributed by atoms with Gasteiger partial charge in [0.15, 0.2) is 0 Å². The Hall–Kier alpha value is -5.12. The van der Waals surface area contributed by atoms with E-state index in [-0.39, 0.29) is 5.92 Å². The zero-order chi connectivity index (χ0) is 28.0. The van der Waals surface area contributed by atoms with E-state index in [1.165, 1.54) is 32.8 Å². The summed E-state index contributed by atoms with van der Waals surface area (Å²) in [6, 6.07) is 49.0. The van der Waals surface area contributed by atoms with Crippen LogP contribution in [0.3, 0.4) is 0 Å². The number of aliphatic hydroxyl groups excluding tert-OH is 1. The summed E-state index contributed by atoms with van der Waals surface area (Å²) in [7, 11) is 0. The van der Waals surface area contributed by atoms with Crippen molar-refractivity contribution in [2.75, 3.05) is 0 Å².